The lowest BCUT2D eigenvalue weighted by Crippen LogP contribution is -2.55. The van der Waals surface area contributed by atoms with Crippen molar-refractivity contribution in [1.82, 2.24) is 0 Å². The molecule has 11 heteroatoms. The molecule has 0 saturated heterocycles. The molecule has 14 heavy (non-hydrogen) atoms. The first-order valence-electron chi connectivity index (χ1n) is 2.99. The van der Waals surface area contributed by atoms with Gasteiger partial charge in [0, 0.05) is 0 Å². The van der Waals surface area contributed by atoms with Crippen LogP contribution in [0, 0.1) is 30.3 Å². The van der Waals surface area contributed by atoms with E-state index in [9.17, 15) is 30.3 Å². The van der Waals surface area contributed by atoms with E-state index in [0.29, 0.717) is 0 Å². The topological polar surface area (TPSA) is 154 Å². The highest BCUT2D eigenvalue weighted by Crippen LogP contribution is 2.17. The summed E-state index contributed by atoms with van der Waals surface area (Å²) >= 11 is 0. The van der Waals surface area contributed by atoms with Crippen molar-refractivity contribution in [3.8, 4) is 0 Å². The molecule has 0 aromatic heterocycles. The van der Waals surface area contributed by atoms with Gasteiger partial charge in [0.2, 0.25) is 6.21 Å². The molecule has 0 N–H and O–H groups in total. The van der Waals surface area contributed by atoms with Crippen LogP contribution in [0.1, 0.15) is 0 Å². The Labute approximate surface area is 74.2 Å². The van der Waals surface area contributed by atoms with Crippen LogP contribution in [0.4, 0.5) is 0 Å². The molecular weight excluding hydrogens is 202 g/mol. The summed E-state index contributed by atoms with van der Waals surface area (Å²) in [5.74, 6) is -1.42. The lowest BCUT2D eigenvalue weighted by atomic mass is 10.2. The Kier molecular flexibility index (Phi) is 1.92. The predicted molar refractivity (Wildman–Crippen MR) is 39.6 cm³/mol. The lowest BCUT2D eigenvalue weighted by Gasteiger charge is -2.04. The molecule has 0 unspecified atom stereocenters. The average molecular weight is 203 g/mol. The predicted octanol–water partition coefficient (Wildman–Crippen LogP) is -1.09. The zero-order valence-corrected chi connectivity index (χ0v) is 6.26. The minimum Gasteiger partial charge on any atom is -0.358 e. The zero-order chi connectivity index (χ0) is 10.9. The molecular formula is C3HN5O6. The van der Waals surface area contributed by atoms with E-state index >= 15 is 0 Å². The van der Waals surface area contributed by atoms with E-state index in [1.54, 1.807) is 0 Å². The third kappa shape index (κ3) is 0.988. The van der Waals surface area contributed by atoms with Crippen LogP contribution in [0.25, 0.3) is 0 Å². The van der Waals surface area contributed by atoms with Crippen molar-refractivity contribution in [3.05, 3.63) is 30.3 Å². The van der Waals surface area contributed by atoms with Gasteiger partial charge in [0.25, 0.3) is 0 Å². The maximum atomic E-state index is 10.4. The second-order valence-corrected chi connectivity index (χ2v) is 2.17. The summed E-state index contributed by atoms with van der Waals surface area (Å²) < 4.78 is 0. The third-order valence-corrected chi connectivity index (χ3v) is 1.45. The van der Waals surface area contributed by atoms with Gasteiger partial charge in [-0.1, -0.05) is 0 Å². The summed E-state index contributed by atoms with van der Waals surface area (Å²) in [6.45, 7) is 0. The number of nitro groups is 3. The SMILES string of the molecule is O=[N+]([O-])C1=NN=CC1([N+](=O)[O-])[N+](=O)[O-]. The Morgan fingerprint density at radius 3 is 1.93 bits per heavy atom. The van der Waals surface area contributed by atoms with Gasteiger partial charge in [0.1, 0.15) is 9.85 Å². The summed E-state index contributed by atoms with van der Waals surface area (Å²) in [6.07, 6.45) is 0.213. The van der Waals surface area contributed by atoms with Gasteiger partial charge in [-0.3, -0.25) is 20.2 Å². The summed E-state index contributed by atoms with van der Waals surface area (Å²) in [5.41, 5.74) is -3.16. The molecule has 1 rings (SSSR count). The first-order chi connectivity index (χ1) is 6.43. The van der Waals surface area contributed by atoms with Crippen LogP contribution in [0.15, 0.2) is 10.2 Å². The molecule has 0 aliphatic carbocycles. The van der Waals surface area contributed by atoms with Crippen LogP contribution in [-0.4, -0.2) is 32.5 Å². The molecule has 74 valence electrons. The van der Waals surface area contributed by atoms with Gasteiger partial charge >= 0.3 is 11.5 Å². The van der Waals surface area contributed by atoms with Crippen LogP contribution < -0.4 is 0 Å². The highest BCUT2D eigenvalue weighted by molar-refractivity contribution is 6.01. The summed E-state index contributed by atoms with van der Waals surface area (Å²) in [6, 6.07) is 0. The van der Waals surface area contributed by atoms with Gasteiger partial charge in [-0.15, -0.1) is 0 Å². The summed E-state index contributed by atoms with van der Waals surface area (Å²) in [7, 11) is 0. The van der Waals surface area contributed by atoms with E-state index < -0.39 is 26.3 Å². The first-order valence-corrected chi connectivity index (χ1v) is 2.99. The zero-order valence-electron chi connectivity index (χ0n) is 6.26. The Hall–Kier alpha value is -2.46. The quantitative estimate of drug-likeness (QED) is 0.315. The molecule has 1 aliphatic rings. The highest BCUT2D eigenvalue weighted by Gasteiger charge is 2.72. The standard InChI is InChI=1S/C3HN5O6/c9-6(10)2-3(7(11)12,8(13)14)1-4-5-2/h1H. The maximum Gasteiger partial charge on any atom is 0.606 e. The second-order valence-electron chi connectivity index (χ2n) is 2.17. The fraction of sp³-hybridized carbons (Fsp3) is 0.333. The van der Waals surface area contributed by atoms with Crippen molar-refractivity contribution in [2.75, 3.05) is 0 Å². The highest BCUT2D eigenvalue weighted by atomic mass is 16.7. The Morgan fingerprint density at radius 2 is 1.64 bits per heavy atom. The number of rotatable bonds is 2. The van der Waals surface area contributed by atoms with E-state index in [4.69, 9.17) is 0 Å². The van der Waals surface area contributed by atoms with Crippen molar-refractivity contribution in [2.24, 2.45) is 10.2 Å². The molecule has 0 radical (unpaired) electrons. The number of hydrogen-bond donors (Lipinski definition) is 0. The first kappa shape index (κ1) is 9.63. The second kappa shape index (κ2) is 2.79. The molecule has 11 nitrogen and oxygen atoms in total. The van der Waals surface area contributed by atoms with Gasteiger partial charge in [0.15, 0.2) is 0 Å². The average Bonchev–Trinajstić information content (AvgIpc) is 2.47. The third-order valence-electron chi connectivity index (χ3n) is 1.45. The number of nitrogens with zero attached hydrogens (tertiary/aromatic N) is 5. The van der Waals surface area contributed by atoms with E-state index in [1.807, 2.05) is 0 Å². The maximum absolute atomic E-state index is 10.4. The Bertz CT molecular complexity index is 369. The van der Waals surface area contributed by atoms with Crippen LogP contribution >= 0.6 is 0 Å². The van der Waals surface area contributed by atoms with Gasteiger partial charge in [-0.25, -0.2) is 0 Å². The number of hydrogen-bond acceptors (Lipinski definition) is 8. The van der Waals surface area contributed by atoms with Crippen molar-refractivity contribution < 1.29 is 14.8 Å². The summed E-state index contributed by atoms with van der Waals surface area (Å²) in [5, 5.41) is 36.5. The van der Waals surface area contributed by atoms with Gasteiger partial charge in [0.05, 0.1) is 5.10 Å². The largest absolute Gasteiger partial charge is 0.606 e. The van der Waals surface area contributed by atoms with E-state index in [1.165, 1.54) is 0 Å². The number of amidine groups is 1. The van der Waals surface area contributed by atoms with Crippen molar-refractivity contribution in [1.29, 1.82) is 0 Å². The van der Waals surface area contributed by atoms with Gasteiger partial charge in [-0.2, -0.15) is 0 Å². The Morgan fingerprint density at radius 1 is 1.14 bits per heavy atom. The van der Waals surface area contributed by atoms with E-state index in [2.05, 4.69) is 10.2 Å². The van der Waals surface area contributed by atoms with Crippen molar-refractivity contribution in [2.45, 2.75) is 5.66 Å². The minimum atomic E-state index is -3.16. The summed E-state index contributed by atoms with van der Waals surface area (Å²) in [4.78, 5) is 26.8. The normalized spacial score (nSPS) is 17.6. The van der Waals surface area contributed by atoms with Crippen LogP contribution in [0.2, 0.25) is 0 Å². The molecule has 0 spiro atoms. The monoisotopic (exact) mass is 203 g/mol. The van der Waals surface area contributed by atoms with Crippen LogP contribution in [0.5, 0.6) is 0 Å². The Balaban J connectivity index is 3.32. The molecule has 1 aliphatic heterocycles. The van der Waals surface area contributed by atoms with E-state index in [-0.39, 0.29) is 6.21 Å². The van der Waals surface area contributed by atoms with Crippen molar-refractivity contribution in [3.63, 3.8) is 0 Å². The van der Waals surface area contributed by atoms with Crippen LogP contribution in [0.3, 0.4) is 0 Å². The molecule has 0 atom stereocenters. The molecule has 1 heterocycles. The molecule has 0 saturated carbocycles. The van der Waals surface area contributed by atoms with Gasteiger partial charge in [-0.05, 0) is 10.0 Å². The molecule has 0 amide bonds. The minimum absolute atomic E-state index is 0.213. The molecule has 0 aromatic carbocycles. The van der Waals surface area contributed by atoms with Gasteiger partial charge < -0.3 is 10.1 Å². The van der Waals surface area contributed by atoms with E-state index in [0.717, 1.165) is 0 Å². The van der Waals surface area contributed by atoms with Crippen LogP contribution in [-0.2, 0) is 0 Å². The molecule has 0 aromatic rings. The fourth-order valence-corrected chi connectivity index (χ4v) is 0.791. The molecule has 0 bridgehead atoms. The lowest BCUT2D eigenvalue weighted by molar-refractivity contribution is -0.755. The van der Waals surface area contributed by atoms with Crippen molar-refractivity contribution >= 4 is 12.1 Å². The smallest absolute Gasteiger partial charge is 0.358 e. The fourth-order valence-electron chi connectivity index (χ4n) is 0.791. The molecule has 0 fully saturated rings.